The minimum atomic E-state index is -1.06. The van der Waals surface area contributed by atoms with E-state index in [1.54, 1.807) is 18.3 Å². The summed E-state index contributed by atoms with van der Waals surface area (Å²) in [4.78, 5) is 42.9. The highest BCUT2D eigenvalue weighted by Gasteiger charge is 2.32. The van der Waals surface area contributed by atoms with Crippen molar-refractivity contribution >= 4 is 69.2 Å². The molecular formula is C24H19FN4O4S3. The first-order valence-electron chi connectivity index (χ1n) is 10.6. The molecule has 0 spiro atoms. The topological polar surface area (TPSA) is 126 Å². The largest absolute Gasteiger partial charge is 0.478 e. The Kier molecular flexibility index (Phi) is 7.89. The first-order chi connectivity index (χ1) is 17.2. The number of amides is 2. The van der Waals surface area contributed by atoms with Crippen LogP contribution in [0.25, 0.3) is 16.6 Å². The number of anilines is 1. The number of hydrogen-bond donors (Lipinski definition) is 3. The van der Waals surface area contributed by atoms with Gasteiger partial charge in [-0.25, -0.2) is 14.2 Å². The Balaban J connectivity index is 1.39. The molecule has 2 aromatic carbocycles. The molecule has 2 amide bonds. The summed E-state index contributed by atoms with van der Waals surface area (Å²) in [5.41, 5.74) is 7.70. The van der Waals surface area contributed by atoms with Gasteiger partial charge in [-0.3, -0.25) is 14.5 Å². The van der Waals surface area contributed by atoms with Crippen LogP contribution in [-0.4, -0.2) is 43.6 Å². The van der Waals surface area contributed by atoms with Crippen LogP contribution in [0, 0.1) is 5.82 Å². The van der Waals surface area contributed by atoms with E-state index in [1.165, 1.54) is 52.6 Å². The Hall–Kier alpha value is -3.45. The summed E-state index contributed by atoms with van der Waals surface area (Å²) in [6.07, 6.45) is 3.28. The zero-order valence-electron chi connectivity index (χ0n) is 18.6. The molecule has 12 heteroatoms. The van der Waals surface area contributed by atoms with Crippen molar-refractivity contribution in [3.63, 3.8) is 0 Å². The number of carboxylic acids is 1. The van der Waals surface area contributed by atoms with Gasteiger partial charge in [0.15, 0.2) is 0 Å². The molecule has 1 fully saturated rings. The second kappa shape index (κ2) is 11.1. The summed E-state index contributed by atoms with van der Waals surface area (Å²) < 4.78 is 14.1. The molecule has 184 valence electrons. The molecule has 0 aliphatic carbocycles. The average Bonchev–Trinajstić information content (AvgIpc) is 3.42. The Morgan fingerprint density at radius 2 is 1.97 bits per heavy atom. The van der Waals surface area contributed by atoms with Crippen LogP contribution in [0.4, 0.5) is 10.1 Å². The van der Waals surface area contributed by atoms with E-state index in [0.717, 1.165) is 17.3 Å². The molecule has 0 unspecified atom stereocenters. The van der Waals surface area contributed by atoms with Gasteiger partial charge in [-0.05, 0) is 48.0 Å². The zero-order chi connectivity index (χ0) is 25.8. The van der Waals surface area contributed by atoms with Crippen LogP contribution in [-0.2, 0) is 16.1 Å². The third-order valence-corrected chi connectivity index (χ3v) is 7.53. The number of thiazole rings is 1. The van der Waals surface area contributed by atoms with Crippen LogP contribution >= 0.6 is 35.3 Å². The van der Waals surface area contributed by atoms with Gasteiger partial charge in [0, 0.05) is 41.8 Å². The lowest BCUT2D eigenvalue weighted by atomic mass is 10.1. The lowest BCUT2D eigenvalue weighted by molar-refractivity contribution is -0.122. The number of nitrogens with zero attached hydrogens (tertiary/aromatic N) is 2. The number of benzene rings is 2. The van der Waals surface area contributed by atoms with Gasteiger partial charge in [-0.15, -0.1) is 11.3 Å². The lowest BCUT2D eigenvalue weighted by Crippen LogP contribution is -2.31. The summed E-state index contributed by atoms with van der Waals surface area (Å²) in [6.45, 7) is 0.336. The van der Waals surface area contributed by atoms with Crippen molar-refractivity contribution < 1.29 is 23.9 Å². The number of carbonyl (C=O) groups is 3. The van der Waals surface area contributed by atoms with Crippen molar-refractivity contribution in [3.05, 3.63) is 75.4 Å². The third kappa shape index (κ3) is 5.85. The molecule has 1 aliphatic heterocycles. The standard InChI is InChI=1S/C24H19FN4O4S3/c25-15-4-1-14(11-26)18(9-15)21-27-12-17(35-21)10-19-22(31)29(24(34)36-19)8-7-20(30)28-16-5-2-13(3-6-16)23(32)33/h1-6,9-10,12H,7-8,11,26H2,(H,28,30)(H,32,33). The van der Waals surface area contributed by atoms with E-state index in [9.17, 15) is 18.8 Å². The van der Waals surface area contributed by atoms with Gasteiger partial charge < -0.3 is 16.2 Å². The molecule has 1 aliphatic rings. The predicted octanol–water partition coefficient (Wildman–Crippen LogP) is 4.34. The van der Waals surface area contributed by atoms with E-state index >= 15 is 0 Å². The number of halogens is 1. The zero-order valence-corrected chi connectivity index (χ0v) is 21.0. The molecule has 8 nitrogen and oxygen atoms in total. The van der Waals surface area contributed by atoms with Gasteiger partial charge in [-0.2, -0.15) is 0 Å². The first kappa shape index (κ1) is 25.6. The van der Waals surface area contributed by atoms with Crippen molar-refractivity contribution in [2.24, 2.45) is 5.73 Å². The van der Waals surface area contributed by atoms with Crippen LogP contribution in [0.1, 0.15) is 27.2 Å². The molecule has 0 atom stereocenters. The van der Waals surface area contributed by atoms with E-state index in [1.807, 2.05) is 0 Å². The summed E-state index contributed by atoms with van der Waals surface area (Å²) in [5, 5.41) is 12.2. The highest BCUT2D eigenvalue weighted by molar-refractivity contribution is 8.26. The maximum Gasteiger partial charge on any atom is 0.335 e. The summed E-state index contributed by atoms with van der Waals surface area (Å²) in [5.74, 6) is -2.10. The van der Waals surface area contributed by atoms with Gasteiger partial charge >= 0.3 is 5.97 Å². The average molecular weight is 543 g/mol. The molecule has 0 saturated carbocycles. The number of carbonyl (C=O) groups excluding carboxylic acids is 2. The summed E-state index contributed by atoms with van der Waals surface area (Å²) >= 11 is 7.76. The van der Waals surface area contributed by atoms with Crippen molar-refractivity contribution in [1.29, 1.82) is 0 Å². The molecular weight excluding hydrogens is 523 g/mol. The number of nitrogens with two attached hydrogens (primary N) is 1. The van der Waals surface area contributed by atoms with Gasteiger partial charge in [-0.1, -0.05) is 30.0 Å². The molecule has 1 saturated heterocycles. The predicted molar refractivity (Wildman–Crippen MR) is 142 cm³/mol. The Morgan fingerprint density at radius 1 is 1.22 bits per heavy atom. The molecule has 2 heterocycles. The normalized spacial score (nSPS) is 14.5. The maximum atomic E-state index is 13.7. The molecule has 4 rings (SSSR count). The van der Waals surface area contributed by atoms with Crippen LogP contribution < -0.4 is 11.1 Å². The number of rotatable bonds is 8. The second-order valence-corrected chi connectivity index (χ2v) is 10.3. The van der Waals surface area contributed by atoms with Crippen LogP contribution in [0.15, 0.2) is 53.6 Å². The van der Waals surface area contributed by atoms with Gasteiger partial charge in [0.1, 0.15) is 15.1 Å². The highest BCUT2D eigenvalue weighted by Crippen LogP contribution is 2.35. The SMILES string of the molecule is NCc1ccc(F)cc1-c1ncc(C=C2SC(=S)N(CCC(=O)Nc3ccc(C(=O)O)cc3)C2=O)s1. The fourth-order valence-electron chi connectivity index (χ4n) is 3.36. The van der Waals surface area contributed by atoms with Crippen molar-refractivity contribution in [2.45, 2.75) is 13.0 Å². The first-order valence-corrected chi connectivity index (χ1v) is 12.6. The number of nitrogens with one attached hydrogen (secondary N) is 1. The van der Waals surface area contributed by atoms with E-state index in [0.29, 0.717) is 30.4 Å². The quantitative estimate of drug-likeness (QED) is 0.284. The van der Waals surface area contributed by atoms with E-state index in [2.05, 4.69) is 10.3 Å². The molecule has 4 N–H and O–H groups in total. The number of aromatic carboxylic acids is 1. The molecule has 0 radical (unpaired) electrons. The number of carboxylic acid groups (broad SMARTS) is 1. The minimum Gasteiger partial charge on any atom is -0.478 e. The van der Waals surface area contributed by atoms with Crippen molar-refractivity contribution in [1.82, 2.24) is 9.88 Å². The van der Waals surface area contributed by atoms with Crippen molar-refractivity contribution in [2.75, 3.05) is 11.9 Å². The van der Waals surface area contributed by atoms with Crippen LogP contribution in [0.3, 0.4) is 0 Å². The van der Waals surface area contributed by atoms with Crippen LogP contribution in [0.2, 0.25) is 0 Å². The monoisotopic (exact) mass is 542 g/mol. The van der Waals surface area contributed by atoms with Gasteiger partial charge in [0.05, 0.1) is 10.5 Å². The fraction of sp³-hybridized carbons (Fsp3) is 0.125. The fourth-order valence-corrected chi connectivity index (χ4v) is 5.64. The number of thiocarbonyl (C=S) groups is 1. The number of thioether (sulfide) groups is 1. The van der Waals surface area contributed by atoms with Crippen molar-refractivity contribution in [3.8, 4) is 10.6 Å². The Bertz CT molecular complexity index is 1390. The number of aromatic nitrogens is 1. The van der Waals surface area contributed by atoms with E-state index in [4.69, 9.17) is 23.1 Å². The van der Waals surface area contributed by atoms with Gasteiger partial charge in [0.25, 0.3) is 5.91 Å². The van der Waals surface area contributed by atoms with E-state index in [-0.39, 0.29) is 42.7 Å². The van der Waals surface area contributed by atoms with Crippen LogP contribution in [0.5, 0.6) is 0 Å². The molecule has 36 heavy (non-hydrogen) atoms. The Labute approximate surface area is 219 Å². The second-order valence-electron chi connectivity index (χ2n) is 7.59. The minimum absolute atomic E-state index is 0.00649. The lowest BCUT2D eigenvalue weighted by Gasteiger charge is -2.14. The smallest absolute Gasteiger partial charge is 0.335 e. The Morgan fingerprint density at radius 3 is 2.67 bits per heavy atom. The molecule has 0 bridgehead atoms. The van der Waals surface area contributed by atoms with E-state index < -0.39 is 5.97 Å². The van der Waals surface area contributed by atoms with Gasteiger partial charge in [0.2, 0.25) is 5.91 Å². The number of hydrogen-bond acceptors (Lipinski definition) is 8. The molecule has 3 aromatic rings. The summed E-state index contributed by atoms with van der Waals surface area (Å²) in [6, 6.07) is 10.1. The molecule has 1 aromatic heterocycles. The summed E-state index contributed by atoms with van der Waals surface area (Å²) in [7, 11) is 0. The highest BCUT2D eigenvalue weighted by atomic mass is 32.2. The third-order valence-electron chi connectivity index (χ3n) is 5.17. The maximum absolute atomic E-state index is 13.7.